The molecule has 0 spiro atoms. The molecule has 3 N–H and O–H groups in total. The van der Waals surface area contributed by atoms with Crippen molar-refractivity contribution in [2.45, 2.75) is 25.9 Å². The van der Waals surface area contributed by atoms with E-state index in [0.717, 1.165) is 11.1 Å². The first kappa shape index (κ1) is 21.0. The largest absolute Gasteiger partial charge is 0.496 e. The zero-order valence-corrected chi connectivity index (χ0v) is 17.2. The number of carbonyl (C=O) groups excluding carboxylic acids is 2. The first-order chi connectivity index (χ1) is 14.4. The second kappa shape index (κ2) is 9.17. The van der Waals surface area contributed by atoms with Crippen LogP contribution < -0.4 is 20.7 Å². The highest BCUT2D eigenvalue weighted by Crippen LogP contribution is 2.29. The summed E-state index contributed by atoms with van der Waals surface area (Å²) in [6.45, 7) is 4.13. The van der Waals surface area contributed by atoms with E-state index in [4.69, 9.17) is 9.15 Å². The molecule has 3 rings (SSSR count). The summed E-state index contributed by atoms with van der Waals surface area (Å²) in [7, 11) is 1.60. The third-order valence-corrected chi connectivity index (χ3v) is 4.59. The van der Waals surface area contributed by atoms with Crippen LogP contribution in [-0.4, -0.2) is 19.0 Å². The molecule has 0 radical (unpaired) electrons. The number of urea groups is 1. The molecule has 0 aliphatic heterocycles. The first-order valence-corrected chi connectivity index (χ1v) is 9.52. The van der Waals surface area contributed by atoms with E-state index in [2.05, 4.69) is 16.0 Å². The van der Waals surface area contributed by atoms with Gasteiger partial charge in [0, 0.05) is 17.8 Å². The molecular formula is C23H25N3O4. The molecule has 0 aliphatic carbocycles. The van der Waals surface area contributed by atoms with Crippen molar-refractivity contribution in [2.75, 3.05) is 12.4 Å². The predicted molar refractivity (Wildman–Crippen MR) is 114 cm³/mol. The van der Waals surface area contributed by atoms with Crippen LogP contribution in [-0.2, 0) is 12.1 Å². The second-order valence-electron chi connectivity index (χ2n) is 7.26. The molecule has 7 heteroatoms. The predicted octanol–water partition coefficient (Wildman–Crippen LogP) is 4.28. The Kier molecular flexibility index (Phi) is 6.41. The number of nitrogens with one attached hydrogen (secondary N) is 3. The molecule has 1 heterocycles. The van der Waals surface area contributed by atoms with Crippen molar-refractivity contribution in [1.82, 2.24) is 10.6 Å². The van der Waals surface area contributed by atoms with Crippen LogP contribution in [0, 0.1) is 0 Å². The van der Waals surface area contributed by atoms with Gasteiger partial charge in [0.2, 0.25) is 0 Å². The van der Waals surface area contributed by atoms with Crippen LogP contribution in [0.2, 0.25) is 0 Å². The third kappa shape index (κ3) is 5.20. The van der Waals surface area contributed by atoms with Gasteiger partial charge in [-0.1, -0.05) is 30.3 Å². The number of anilines is 1. The lowest BCUT2D eigenvalue weighted by Gasteiger charge is -2.28. The molecule has 156 valence electrons. The molecule has 3 amide bonds. The normalized spacial score (nSPS) is 10.9. The number of furan rings is 1. The van der Waals surface area contributed by atoms with E-state index in [1.54, 1.807) is 31.4 Å². The van der Waals surface area contributed by atoms with Crippen molar-refractivity contribution < 1.29 is 18.7 Å². The Morgan fingerprint density at radius 1 is 1.03 bits per heavy atom. The molecule has 2 aromatic carbocycles. The number of hydrogen-bond donors (Lipinski definition) is 3. The number of hydrogen-bond acceptors (Lipinski definition) is 4. The number of amides is 3. The minimum absolute atomic E-state index is 0.233. The topological polar surface area (TPSA) is 92.6 Å². The van der Waals surface area contributed by atoms with Gasteiger partial charge < -0.3 is 25.1 Å². The molecule has 30 heavy (non-hydrogen) atoms. The lowest BCUT2D eigenvalue weighted by Crippen LogP contribution is -2.46. The summed E-state index contributed by atoms with van der Waals surface area (Å²) < 4.78 is 10.5. The Hall–Kier alpha value is -3.74. The summed E-state index contributed by atoms with van der Waals surface area (Å²) in [5.41, 5.74) is 1.71. The van der Waals surface area contributed by atoms with Gasteiger partial charge in [0.1, 0.15) is 5.75 Å². The van der Waals surface area contributed by atoms with Crippen LogP contribution >= 0.6 is 0 Å². The van der Waals surface area contributed by atoms with E-state index >= 15 is 0 Å². The zero-order chi connectivity index (χ0) is 21.6. The van der Waals surface area contributed by atoms with Crippen LogP contribution in [0.25, 0.3) is 0 Å². The summed E-state index contributed by atoms with van der Waals surface area (Å²) in [5.74, 6) is 0.612. The summed E-state index contributed by atoms with van der Waals surface area (Å²) in [6, 6.07) is 17.8. The van der Waals surface area contributed by atoms with Crippen molar-refractivity contribution in [3.8, 4) is 5.75 Å². The van der Waals surface area contributed by atoms with Crippen molar-refractivity contribution in [1.29, 1.82) is 0 Å². The molecule has 0 atom stereocenters. The van der Waals surface area contributed by atoms with Crippen LogP contribution in [0.15, 0.2) is 71.3 Å². The number of methoxy groups -OCH3 is 1. The second-order valence-corrected chi connectivity index (χ2v) is 7.26. The number of para-hydroxylation sites is 1. The van der Waals surface area contributed by atoms with E-state index in [1.807, 2.05) is 50.2 Å². The van der Waals surface area contributed by atoms with E-state index in [9.17, 15) is 9.59 Å². The molecule has 7 nitrogen and oxygen atoms in total. The minimum atomic E-state index is -0.629. The Bertz CT molecular complexity index is 1010. The highest BCUT2D eigenvalue weighted by Gasteiger charge is 2.26. The van der Waals surface area contributed by atoms with E-state index < -0.39 is 5.54 Å². The molecule has 1 aromatic heterocycles. The number of benzene rings is 2. The maximum atomic E-state index is 12.5. The van der Waals surface area contributed by atoms with Crippen LogP contribution in [0.1, 0.15) is 35.5 Å². The Morgan fingerprint density at radius 2 is 1.83 bits per heavy atom. The van der Waals surface area contributed by atoms with Crippen LogP contribution in [0.5, 0.6) is 5.75 Å². The van der Waals surface area contributed by atoms with Crippen LogP contribution in [0.3, 0.4) is 0 Å². The monoisotopic (exact) mass is 407 g/mol. The fraction of sp³-hybridized carbons (Fsp3) is 0.217. The number of ether oxygens (including phenoxy) is 1. The molecule has 0 saturated heterocycles. The number of carbonyl (C=O) groups is 2. The maximum absolute atomic E-state index is 12.5. The van der Waals surface area contributed by atoms with Crippen molar-refractivity contribution in [3.05, 3.63) is 83.8 Å². The molecule has 3 aromatic rings. The molecule has 0 bridgehead atoms. The molecular weight excluding hydrogens is 382 g/mol. The fourth-order valence-electron chi connectivity index (χ4n) is 3.10. The average Bonchev–Trinajstić information content (AvgIpc) is 3.27. The third-order valence-electron chi connectivity index (χ3n) is 4.59. The van der Waals surface area contributed by atoms with Gasteiger partial charge in [-0.15, -0.1) is 0 Å². The van der Waals surface area contributed by atoms with Gasteiger partial charge in [-0.2, -0.15) is 0 Å². The summed E-state index contributed by atoms with van der Waals surface area (Å²) in [4.78, 5) is 24.6. The number of rotatable bonds is 7. The lowest BCUT2D eigenvalue weighted by atomic mass is 9.93. The summed E-state index contributed by atoms with van der Waals surface area (Å²) in [5, 5.41) is 8.59. The minimum Gasteiger partial charge on any atom is -0.496 e. The maximum Gasteiger partial charge on any atom is 0.315 e. The zero-order valence-electron chi connectivity index (χ0n) is 17.2. The quantitative estimate of drug-likeness (QED) is 0.545. The van der Waals surface area contributed by atoms with Crippen molar-refractivity contribution in [3.63, 3.8) is 0 Å². The van der Waals surface area contributed by atoms with E-state index in [1.165, 1.54) is 6.26 Å². The Balaban J connectivity index is 1.59. The molecule has 0 fully saturated rings. The highest BCUT2D eigenvalue weighted by atomic mass is 16.5. The lowest BCUT2D eigenvalue weighted by molar-refractivity contribution is 0.0996. The summed E-state index contributed by atoms with van der Waals surface area (Å²) >= 11 is 0. The standard InChI is InChI=1S/C23H25N3O4/c1-23(2,18-10-4-5-11-19(18)29-3)26-22(28)24-15-16-8-6-9-17(14-16)25-21(27)20-12-7-13-30-20/h4-14H,15H2,1-3H3,(H,25,27)(H2,24,26,28). The van der Waals surface area contributed by atoms with Crippen molar-refractivity contribution in [2.24, 2.45) is 0 Å². The van der Waals surface area contributed by atoms with Gasteiger partial charge in [0.05, 0.1) is 18.9 Å². The van der Waals surface area contributed by atoms with Crippen LogP contribution in [0.4, 0.5) is 10.5 Å². The van der Waals surface area contributed by atoms with E-state index in [-0.39, 0.29) is 17.7 Å². The first-order valence-electron chi connectivity index (χ1n) is 9.52. The van der Waals surface area contributed by atoms with Gasteiger partial charge in [0.25, 0.3) is 5.91 Å². The van der Waals surface area contributed by atoms with Gasteiger partial charge in [-0.05, 0) is 49.7 Å². The molecule has 0 aliphatic rings. The smallest absolute Gasteiger partial charge is 0.315 e. The van der Waals surface area contributed by atoms with Gasteiger partial charge in [0.15, 0.2) is 5.76 Å². The van der Waals surface area contributed by atoms with Gasteiger partial charge in [-0.3, -0.25) is 4.79 Å². The summed E-state index contributed by atoms with van der Waals surface area (Å²) in [6.07, 6.45) is 1.44. The van der Waals surface area contributed by atoms with Gasteiger partial charge in [-0.25, -0.2) is 4.79 Å². The molecule has 0 saturated carbocycles. The SMILES string of the molecule is COc1ccccc1C(C)(C)NC(=O)NCc1cccc(NC(=O)c2ccco2)c1. The van der Waals surface area contributed by atoms with Crippen molar-refractivity contribution >= 4 is 17.6 Å². The fourth-order valence-corrected chi connectivity index (χ4v) is 3.10. The van der Waals surface area contributed by atoms with Gasteiger partial charge >= 0.3 is 6.03 Å². The Labute approximate surface area is 175 Å². The van der Waals surface area contributed by atoms with E-state index in [0.29, 0.717) is 18.0 Å². The average molecular weight is 407 g/mol. The highest BCUT2D eigenvalue weighted by molar-refractivity contribution is 6.02. The molecule has 0 unspecified atom stereocenters. The Morgan fingerprint density at radius 3 is 2.57 bits per heavy atom.